The van der Waals surface area contributed by atoms with Crippen LogP contribution in [0.25, 0.3) is 5.69 Å². The third-order valence-electron chi connectivity index (χ3n) is 1.88. The highest BCUT2D eigenvalue weighted by Crippen LogP contribution is 2.25. The third-order valence-corrected chi connectivity index (χ3v) is 1.88. The summed E-state index contributed by atoms with van der Waals surface area (Å²) in [7, 11) is 1.57. The lowest BCUT2D eigenvalue weighted by Gasteiger charge is -2.06. The van der Waals surface area contributed by atoms with Crippen LogP contribution in [0.2, 0.25) is 0 Å². The predicted molar refractivity (Wildman–Crippen MR) is 49.6 cm³/mol. The van der Waals surface area contributed by atoms with Crippen LogP contribution in [0.4, 0.5) is 0 Å². The van der Waals surface area contributed by atoms with Crippen molar-refractivity contribution in [3.05, 3.63) is 30.9 Å². The van der Waals surface area contributed by atoms with E-state index in [4.69, 9.17) is 4.74 Å². The Morgan fingerprint density at radius 1 is 1.29 bits per heavy atom. The number of phenolic OH excluding ortho intramolecular Hbond substituents is 1. The Morgan fingerprint density at radius 3 is 2.64 bits per heavy atom. The van der Waals surface area contributed by atoms with Crippen LogP contribution >= 0.6 is 0 Å². The van der Waals surface area contributed by atoms with E-state index in [-0.39, 0.29) is 5.75 Å². The summed E-state index contributed by atoms with van der Waals surface area (Å²) in [6.07, 6.45) is 3.02. The number of nitrogens with zero attached hydrogens (tertiary/aromatic N) is 3. The van der Waals surface area contributed by atoms with Crippen LogP contribution in [-0.4, -0.2) is 27.0 Å². The molecule has 2 rings (SSSR count). The molecule has 14 heavy (non-hydrogen) atoms. The van der Waals surface area contributed by atoms with Gasteiger partial charge in [0.2, 0.25) is 0 Å². The first-order chi connectivity index (χ1) is 6.81. The van der Waals surface area contributed by atoms with Gasteiger partial charge in [-0.15, -0.1) is 10.2 Å². The monoisotopic (exact) mass is 191 g/mol. The van der Waals surface area contributed by atoms with Crippen molar-refractivity contribution in [1.29, 1.82) is 0 Å². The summed E-state index contributed by atoms with van der Waals surface area (Å²) in [6, 6.07) is 4.95. The molecule has 0 fully saturated rings. The standard InChI is InChI=1S/C9H9N3O2/c1-14-7-2-3-9(13)8(4-7)12-5-10-11-6-12/h2-6,13H,1H3. The van der Waals surface area contributed by atoms with Crippen LogP contribution in [0.15, 0.2) is 30.9 Å². The molecule has 0 amide bonds. The topological polar surface area (TPSA) is 60.2 Å². The zero-order valence-electron chi connectivity index (χ0n) is 7.58. The molecule has 2 aromatic rings. The van der Waals surface area contributed by atoms with E-state index < -0.39 is 0 Å². The molecule has 0 aliphatic rings. The predicted octanol–water partition coefficient (Wildman–Crippen LogP) is 0.981. The fourth-order valence-electron chi connectivity index (χ4n) is 1.16. The van der Waals surface area contributed by atoms with Crippen molar-refractivity contribution in [2.45, 2.75) is 0 Å². The molecule has 5 nitrogen and oxygen atoms in total. The number of benzene rings is 1. The Bertz CT molecular complexity index is 426. The van der Waals surface area contributed by atoms with Gasteiger partial charge in [-0.1, -0.05) is 0 Å². The Hall–Kier alpha value is -2.04. The lowest BCUT2D eigenvalue weighted by atomic mass is 10.2. The number of hydrogen-bond acceptors (Lipinski definition) is 4. The minimum atomic E-state index is 0.158. The van der Waals surface area contributed by atoms with Gasteiger partial charge >= 0.3 is 0 Å². The zero-order chi connectivity index (χ0) is 9.97. The van der Waals surface area contributed by atoms with Crippen LogP contribution < -0.4 is 4.74 Å². The van der Waals surface area contributed by atoms with Crippen LogP contribution in [0.1, 0.15) is 0 Å². The lowest BCUT2D eigenvalue weighted by Crippen LogP contribution is -1.92. The highest BCUT2D eigenvalue weighted by atomic mass is 16.5. The lowest BCUT2D eigenvalue weighted by molar-refractivity contribution is 0.411. The molecule has 1 aromatic carbocycles. The van der Waals surface area contributed by atoms with E-state index in [2.05, 4.69) is 10.2 Å². The van der Waals surface area contributed by atoms with Crippen molar-refractivity contribution in [3.63, 3.8) is 0 Å². The van der Waals surface area contributed by atoms with Gasteiger partial charge in [0, 0.05) is 6.07 Å². The van der Waals surface area contributed by atoms with Crippen LogP contribution in [0.3, 0.4) is 0 Å². The number of methoxy groups -OCH3 is 1. The number of hydrogen-bond donors (Lipinski definition) is 1. The van der Waals surface area contributed by atoms with Crippen molar-refractivity contribution in [1.82, 2.24) is 14.8 Å². The SMILES string of the molecule is COc1ccc(O)c(-n2cnnc2)c1. The zero-order valence-corrected chi connectivity index (χ0v) is 7.58. The first kappa shape index (κ1) is 8.55. The number of ether oxygens (including phenoxy) is 1. The van der Waals surface area contributed by atoms with Crippen LogP contribution in [0.5, 0.6) is 11.5 Å². The molecule has 0 atom stereocenters. The number of phenols is 1. The van der Waals surface area contributed by atoms with Crippen LogP contribution in [-0.2, 0) is 0 Å². The van der Waals surface area contributed by atoms with Gasteiger partial charge in [0.05, 0.1) is 12.8 Å². The van der Waals surface area contributed by atoms with Crippen LogP contribution in [0, 0.1) is 0 Å². The van der Waals surface area contributed by atoms with E-state index in [0.29, 0.717) is 11.4 Å². The van der Waals surface area contributed by atoms with Crippen molar-refractivity contribution in [3.8, 4) is 17.2 Å². The molecule has 0 spiro atoms. The summed E-state index contributed by atoms with van der Waals surface area (Å²) in [5, 5.41) is 16.9. The molecular formula is C9H9N3O2. The summed E-state index contributed by atoms with van der Waals surface area (Å²) in [5.41, 5.74) is 0.592. The Balaban J connectivity index is 2.51. The maximum atomic E-state index is 9.57. The Kier molecular flexibility index (Phi) is 2.06. The third kappa shape index (κ3) is 1.39. The smallest absolute Gasteiger partial charge is 0.139 e. The molecule has 0 bridgehead atoms. The quantitative estimate of drug-likeness (QED) is 0.768. The van der Waals surface area contributed by atoms with E-state index >= 15 is 0 Å². The molecule has 1 aromatic heterocycles. The maximum Gasteiger partial charge on any atom is 0.139 e. The molecule has 0 saturated heterocycles. The first-order valence-electron chi connectivity index (χ1n) is 4.03. The van der Waals surface area contributed by atoms with E-state index in [1.54, 1.807) is 29.9 Å². The first-order valence-corrected chi connectivity index (χ1v) is 4.03. The van der Waals surface area contributed by atoms with Gasteiger partial charge in [0.1, 0.15) is 24.2 Å². The molecule has 0 aliphatic heterocycles. The van der Waals surface area contributed by atoms with Gasteiger partial charge in [0.25, 0.3) is 0 Å². The number of aromatic hydroxyl groups is 1. The number of rotatable bonds is 2. The van der Waals surface area contributed by atoms with Gasteiger partial charge in [-0.25, -0.2) is 0 Å². The normalized spacial score (nSPS) is 10.1. The summed E-state index contributed by atoms with van der Waals surface area (Å²) < 4.78 is 6.65. The minimum Gasteiger partial charge on any atom is -0.506 e. The summed E-state index contributed by atoms with van der Waals surface area (Å²) in [5.74, 6) is 0.831. The van der Waals surface area contributed by atoms with Crippen molar-refractivity contribution in [2.75, 3.05) is 7.11 Å². The average molecular weight is 191 g/mol. The van der Waals surface area contributed by atoms with Gasteiger partial charge < -0.3 is 9.84 Å². The summed E-state index contributed by atoms with van der Waals surface area (Å²) in [4.78, 5) is 0. The molecular weight excluding hydrogens is 182 g/mol. The Morgan fingerprint density at radius 2 is 2.00 bits per heavy atom. The molecule has 0 saturated carbocycles. The van der Waals surface area contributed by atoms with E-state index in [9.17, 15) is 5.11 Å². The second-order valence-corrected chi connectivity index (χ2v) is 2.72. The molecule has 0 radical (unpaired) electrons. The van der Waals surface area contributed by atoms with Crippen molar-refractivity contribution < 1.29 is 9.84 Å². The highest BCUT2D eigenvalue weighted by molar-refractivity contribution is 5.49. The van der Waals surface area contributed by atoms with E-state index in [0.717, 1.165) is 0 Å². The largest absolute Gasteiger partial charge is 0.506 e. The second-order valence-electron chi connectivity index (χ2n) is 2.72. The molecule has 1 heterocycles. The van der Waals surface area contributed by atoms with Gasteiger partial charge in [0.15, 0.2) is 0 Å². The molecule has 0 aliphatic carbocycles. The van der Waals surface area contributed by atoms with Gasteiger partial charge in [-0.05, 0) is 12.1 Å². The van der Waals surface area contributed by atoms with Crippen molar-refractivity contribution >= 4 is 0 Å². The van der Waals surface area contributed by atoms with Crippen molar-refractivity contribution in [2.24, 2.45) is 0 Å². The van der Waals surface area contributed by atoms with Gasteiger partial charge in [-0.3, -0.25) is 4.57 Å². The fourth-order valence-corrected chi connectivity index (χ4v) is 1.16. The second kappa shape index (κ2) is 3.37. The molecule has 1 N–H and O–H groups in total. The molecule has 72 valence electrons. The van der Waals surface area contributed by atoms with E-state index in [1.807, 2.05) is 0 Å². The molecule has 0 unspecified atom stereocenters. The average Bonchev–Trinajstić information content (AvgIpc) is 2.71. The summed E-state index contributed by atoms with van der Waals surface area (Å²) in [6.45, 7) is 0. The molecule has 5 heteroatoms. The minimum absolute atomic E-state index is 0.158. The van der Waals surface area contributed by atoms with E-state index in [1.165, 1.54) is 12.7 Å². The fraction of sp³-hybridized carbons (Fsp3) is 0.111. The number of aromatic nitrogens is 3. The van der Waals surface area contributed by atoms with Gasteiger partial charge in [-0.2, -0.15) is 0 Å². The highest BCUT2D eigenvalue weighted by Gasteiger charge is 2.04. The maximum absolute atomic E-state index is 9.57. The Labute approximate surface area is 80.6 Å². The summed E-state index contributed by atoms with van der Waals surface area (Å²) >= 11 is 0.